The van der Waals surface area contributed by atoms with Crippen molar-refractivity contribution in [1.29, 1.82) is 0 Å². The van der Waals surface area contributed by atoms with Gasteiger partial charge in [0.05, 0.1) is 24.2 Å². The molecule has 1 amide bonds. The zero-order valence-electron chi connectivity index (χ0n) is 11.6. The zero-order chi connectivity index (χ0) is 15.2. The predicted octanol–water partition coefficient (Wildman–Crippen LogP) is 3.04. The van der Waals surface area contributed by atoms with Gasteiger partial charge >= 0.3 is 0 Å². The quantitative estimate of drug-likeness (QED) is 0.842. The lowest BCUT2D eigenvalue weighted by Crippen LogP contribution is -2.33. The third-order valence-electron chi connectivity index (χ3n) is 3.66. The van der Waals surface area contributed by atoms with Crippen LogP contribution in [0.15, 0.2) is 18.2 Å². The van der Waals surface area contributed by atoms with E-state index in [1.807, 2.05) is 0 Å². The largest absolute Gasteiger partial charge is 0.491 e. The maximum atomic E-state index is 11.7. The summed E-state index contributed by atoms with van der Waals surface area (Å²) in [6.07, 6.45) is 2.80. The van der Waals surface area contributed by atoms with Gasteiger partial charge in [0.1, 0.15) is 5.75 Å². The average Bonchev–Trinajstić information content (AvgIpc) is 2.84. The van der Waals surface area contributed by atoms with Crippen molar-refractivity contribution in [3.63, 3.8) is 0 Å². The number of rotatable bonds is 6. The molecular weight excluding hydrogens is 313 g/mol. The number of amides is 1. The minimum Gasteiger partial charge on any atom is -0.491 e. The Kier molecular flexibility index (Phi) is 6.15. The molecule has 2 N–H and O–H groups in total. The molecule has 0 radical (unpaired) electrons. The minimum atomic E-state index is -0.283. The summed E-state index contributed by atoms with van der Waals surface area (Å²) in [4.78, 5) is 11.7. The first-order valence-electron chi connectivity index (χ1n) is 7.09. The van der Waals surface area contributed by atoms with E-state index in [1.54, 1.807) is 18.2 Å². The van der Waals surface area contributed by atoms with Gasteiger partial charge in [0.15, 0.2) is 0 Å². The first kappa shape index (κ1) is 16.4. The van der Waals surface area contributed by atoms with Crippen LogP contribution in [0.1, 0.15) is 25.7 Å². The normalized spacial score (nSPS) is 21.3. The summed E-state index contributed by atoms with van der Waals surface area (Å²) in [6, 6.07) is 4.96. The second kappa shape index (κ2) is 7.87. The molecule has 0 saturated heterocycles. The number of hydrogen-bond acceptors (Lipinski definition) is 3. The number of aliphatic hydroxyl groups is 1. The SMILES string of the molecule is O=C(CCOc1ccc(Cl)cc1Cl)NCC1CCCC1O. The van der Waals surface area contributed by atoms with Gasteiger partial charge < -0.3 is 15.2 Å². The van der Waals surface area contributed by atoms with Crippen molar-refractivity contribution in [3.8, 4) is 5.75 Å². The van der Waals surface area contributed by atoms with Crippen molar-refractivity contribution in [2.24, 2.45) is 5.92 Å². The number of hydrogen-bond donors (Lipinski definition) is 2. The monoisotopic (exact) mass is 331 g/mol. The molecule has 116 valence electrons. The van der Waals surface area contributed by atoms with Crippen molar-refractivity contribution in [3.05, 3.63) is 28.2 Å². The maximum absolute atomic E-state index is 11.7. The number of carbonyl (C=O) groups excluding carboxylic acids is 1. The standard InChI is InChI=1S/C15H19Cl2NO3/c16-11-4-5-14(12(17)8-11)21-7-6-15(20)18-9-10-2-1-3-13(10)19/h4-5,8,10,13,19H,1-3,6-7,9H2,(H,18,20). The van der Waals surface area contributed by atoms with E-state index in [0.717, 1.165) is 19.3 Å². The maximum Gasteiger partial charge on any atom is 0.223 e. The Balaban J connectivity index is 1.67. The number of ether oxygens (including phenoxy) is 1. The molecule has 1 aromatic carbocycles. The molecule has 1 aliphatic carbocycles. The van der Waals surface area contributed by atoms with Crippen LogP contribution in [0, 0.1) is 5.92 Å². The van der Waals surface area contributed by atoms with Gasteiger partial charge in [-0.1, -0.05) is 29.6 Å². The molecule has 1 saturated carbocycles. The molecule has 21 heavy (non-hydrogen) atoms. The Morgan fingerprint density at radius 2 is 2.19 bits per heavy atom. The van der Waals surface area contributed by atoms with Gasteiger partial charge in [-0.25, -0.2) is 0 Å². The van der Waals surface area contributed by atoms with Gasteiger partial charge in [0.25, 0.3) is 0 Å². The van der Waals surface area contributed by atoms with Crippen LogP contribution in [0.5, 0.6) is 5.75 Å². The molecule has 0 aromatic heterocycles. The summed E-state index contributed by atoms with van der Waals surface area (Å²) < 4.78 is 5.45. The molecule has 6 heteroatoms. The van der Waals surface area contributed by atoms with Crippen LogP contribution in [0.4, 0.5) is 0 Å². The topological polar surface area (TPSA) is 58.6 Å². The highest BCUT2D eigenvalue weighted by Gasteiger charge is 2.25. The third-order valence-corrected chi connectivity index (χ3v) is 4.19. The van der Waals surface area contributed by atoms with Crippen molar-refractivity contribution in [2.45, 2.75) is 31.8 Å². The van der Waals surface area contributed by atoms with Crippen molar-refractivity contribution in [1.82, 2.24) is 5.32 Å². The van der Waals surface area contributed by atoms with Gasteiger partial charge in [-0.15, -0.1) is 0 Å². The summed E-state index contributed by atoms with van der Waals surface area (Å²) in [5, 5.41) is 13.5. The lowest BCUT2D eigenvalue weighted by Gasteiger charge is -2.15. The van der Waals surface area contributed by atoms with Crippen molar-refractivity contribution in [2.75, 3.05) is 13.2 Å². The molecule has 0 heterocycles. The van der Waals surface area contributed by atoms with E-state index in [2.05, 4.69) is 5.32 Å². The fourth-order valence-corrected chi connectivity index (χ4v) is 2.90. The predicted molar refractivity (Wildman–Crippen MR) is 82.9 cm³/mol. The lowest BCUT2D eigenvalue weighted by atomic mass is 10.1. The molecule has 2 unspecified atom stereocenters. The number of aliphatic hydroxyl groups excluding tert-OH is 1. The highest BCUT2D eigenvalue weighted by molar-refractivity contribution is 6.35. The average molecular weight is 332 g/mol. The molecule has 0 aliphatic heterocycles. The van der Waals surface area contributed by atoms with Crippen LogP contribution < -0.4 is 10.1 Å². The Morgan fingerprint density at radius 3 is 2.86 bits per heavy atom. The van der Waals surface area contributed by atoms with Crippen LogP contribution in [0.3, 0.4) is 0 Å². The molecular formula is C15H19Cl2NO3. The molecule has 2 rings (SSSR count). The van der Waals surface area contributed by atoms with Gasteiger partial charge in [-0.05, 0) is 31.0 Å². The number of halogens is 2. The molecule has 1 fully saturated rings. The van der Waals surface area contributed by atoms with Crippen LogP contribution in [0.2, 0.25) is 10.0 Å². The van der Waals surface area contributed by atoms with E-state index in [0.29, 0.717) is 22.3 Å². The van der Waals surface area contributed by atoms with Crippen LogP contribution >= 0.6 is 23.2 Å². The second-order valence-corrected chi connectivity index (χ2v) is 6.08. The molecule has 0 bridgehead atoms. The fourth-order valence-electron chi connectivity index (χ4n) is 2.43. The highest BCUT2D eigenvalue weighted by Crippen LogP contribution is 2.27. The molecule has 0 spiro atoms. The van der Waals surface area contributed by atoms with E-state index in [1.165, 1.54) is 0 Å². The van der Waals surface area contributed by atoms with Crippen molar-refractivity contribution < 1.29 is 14.6 Å². The Labute approximate surface area is 134 Å². The Bertz CT molecular complexity index is 496. The first-order chi connectivity index (χ1) is 10.1. The van der Waals surface area contributed by atoms with Gasteiger partial charge in [-0.3, -0.25) is 4.79 Å². The van der Waals surface area contributed by atoms with E-state index in [-0.39, 0.29) is 31.0 Å². The van der Waals surface area contributed by atoms with Gasteiger partial charge in [0, 0.05) is 17.5 Å². The van der Waals surface area contributed by atoms with Gasteiger partial charge in [0.2, 0.25) is 5.91 Å². The first-order valence-corrected chi connectivity index (χ1v) is 7.84. The molecule has 2 atom stereocenters. The summed E-state index contributed by atoms with van der Waals surface area (Å²) in [7, 11) is 0. The fraction of sp³-hybridized carbons (Fsp3) is 0.533. The summed E-state index contributed by atoms with van der Waals surface area (Å²) >= 11 is 11.8. The smallest absolute Gasteiger partial charge is 0.223 e. The molecule has 1 aromatic rings. The molecule has 4 nitrogen and oxygen atoms in total. The van der Waals surface area contributed by atoms with Crippen LogP contribution in [-0.2, 0) is 4.79 Å². The van der Waals surface area contributed by atoms with E-state index in [9.17, 15) is 9.90 Å². The summed E-state index contributed by atoms with van der Waals surface area (Å²) in [5.74, 6) is 0.611. The van der Waals surface area contributed by atoms with Crippen LogP contribution in [-0.4, -0.2) is 30.3 Å². The number of benzene rings is 1. The van der Waals surface area contributed by atoms with Crippen LogP contribution in [0.25, 0.3) is 0 Å². The summed E-state index contributed by atoms with van der Waals surface area (Å²) in [6.45, 7) is 0.780. The Morgan fingerprint density at radius 1 is 1.38 bits per heavy atom. The second-order valence-electron chi connectivity index (χ2n) is 5.24. The number of carbonyl (C=O) groups is 1. The van der Waals surface area contributed by atoms with E-state index >= 15 is 0 Å². The minimum absolute atomic E-state index is 0.0841. The third kappa shape index (κ3) is 5.06. The Hall–Kier alpha value is -0.970. The zero-order valence-corrected chi connectivity index (χ0v) is 13.2. The lowest BCUT2D eigenvalue weighted by molar-refractivity contribution is -0.121. The van der Waals surface area contributed by atoms with E-state index < -0.39 is 0 Å². The number of nitrogens with one attached hydrogen (secondary N) is 1. The van der Waals surface area contributed by atoms with Gasteiger partial charge in [-0.2, -0.15) is 0 Å². The highest BCUT2D eigenvalue weighted by atomic mass is 35.5. The van der Waals surface area contributed by atoms with Crippen molar-refractivity contribution >= 4 is 29.1 Å². The summed E-state index contributed by atoms with van der Waals surface area (Å²) in [5.41, 5.74) is 0. The molecule has 1 aliphatic rings. The van der Waals surface area contributed by atoms with E-state index in [4.69, 9.17) is 27.9 Å².